The summed E-state index contributed by atoms with van der Waals surface area (Å²) in [5.74, 6) is -3.23. The van der Waals surface area contributed by atoms with Gasteiger partial charge >= 0.3 is 12.1 Å². The van der Waals surface area contributed by atoms with Gasteiger partial charge in [0.1, 0.15) is 5.52 Å². The molecule has 2 aromatic heterocycles. The second kappa shape index (κ2) is 10.0. The third-order valence-electron chi connectivity index (χ3n) is 5.07. The standard InChI is InChI=1S/C22H17N5OS.C2HF3O2/c23-22(28)18-3-1-2-15-12-27(26-21(15)18)17-7-4-14(5-8-17)11-24-16-6-9-20-19(10-16)25-13-29-20;3-2(4,5)1(6)7/h1-10,12-13,24H,11H2,(H2,23,28);(H,6,7). The van der Waals surface area contributed by atoms with Gasteiger partial charge in [0.25, 0.3) is 5.91 Å². The highest BCUT2D eigenvalue weighted by molar-refractivity contribution is 7.16. The maximum Gasteiger partial charge on any atom is 0.490 e. The Morgan fingerprint density at radius 2 is 1.81 bits per heavy atom. The van der Waals surface area contributed by atoms with Crippen molar-refractivity contribution >= 4 is 50.0 Å². The van der Waals surface area contributed by atoms with Crippen LogP contribution in [-0.2, 0) is 11.3 Å². The lowest BCUT2D eigenvalue weighted by Gasteiger charge is -2.08. The zero-order valence-corrected chi connectivity index (χ0v) is 19.2. The Labute approximate surface area is 205 Å². The summed E-state index contributed by atoms with van der Waals surface area (Å²) in [5.41, 5.74) is 12.5. The molecule has 0 atom stereocenters. The number of carboxylic acid groups (broad SMARTS) is 1. The number of thiazole rings is 1. The Morgan fingerprint density at radius 3 is 2.47 bits per heavy atom. The molecule has 3 aromatic carbocycles. The average molecular weight is 514 g/mol. The van der Waals surface area contributed by atoms with Crippen molar-refractivity contribution in [3.63, 3.8) is 0 Å². The fourth-order valence-electron chi connectivity index (χ4n) is 3.32. The molecule has 8 nitrogen and oxygen atoms in total. The number of aromatic nitrogens is 3. The topological polar surface area (TPSA) is 123 Å². The first-order chi connectivity index (χ1) is 17.1. The molecule has 0 unspecified atom stereocenters. The number of nitrogens with zero attached hydrogens (tertiary/aromatic N) is 3. The Morgan fingerprint density at radius 1 is 1.08 bits per heavy atom. The lowest BCUT2D eigenvalue weighted by Crippen LogP contribution is -2.21. The lowest BCUT2D eigenvalue weighted by molar-refractivity contribution is -0.192. The quantitative estimate of drug-likeness (QED) is 0.305. The number of nitrogens with two attached hydrogens (primary N) is 1. The van der Waals surface area contributed by atoms with Gasteiger partial charge in [-0.2, -0.15) is 18.3 Å². The van der Waals surface area contributed by atoms with E-state index in [1.54, 1.807) is 22.1 Å². The largest absolute Gasteiger partial charge is 0.490 e. The molecule has 0 bridgehead atoms. The number of carbonyl (C=O) groups is 2. The smallest absolute Gasteiger partial charge is 0.475 e. The van der Waals surface area contributed by atoms with Gasteiger partial charge in [-0.1, -0.05) is 24.3 Å². The van der Waals surface area contributed by atoms with Gasteiger partial charge < -0.3 is 16.2 Å². The van der Waals surface area contributed by atoms with Gasteiger partial charge in [-0.3, -0.25) is 4.79 Å². The van der Waals surface area contributed by atoms with E-state index in [2.05, 4.69) is 45.7 Å². The Kier molecular flexibility index (Phi) is 6.88. The maximum atomic E-state index is 11.6. The second-order valence-corrected chi connectivity index (χ2v) is 8.43. The average Bonchev–Trinajstić information content (AvgIpc) is 3.49. The number of carbonyl (C=O) groups excluding carboxylic acids is 1. The highest BCUT2D eigenvalue weighted by atomic mass is 32.1. The molecule has 1 amide bonds. The Hall–Kier alpha value is -4.45. The van der Waals surface area contributed by atoms with E-state index in [0.717, 1.165) is 27.8 Å². The second-order valence-electron chi connectivity index (χ2n) is 7.54. The van der Waals surface area contributed by atoms with Gasteiger partial charge in [-0.05, 0) is 42.0 Å². The number of hydrogen-bond donors (Lipinski definition) is 3. The summed E-state index contributed by atoms with van der Waals surface area (Å²) < 4.78 is 34.7. The van der Waals surface area contributed by atoms with Crippen LogP contribution in [0.2, 0.25) is 0 Å². The molecule has 2 heterocycles. The van der Waals surface area contributed by atoms with Crippen molar-refractivity contribution in [2.75, 3.05) is 5.32 Å². The van der Waals surface area contributed by atoms with Crippen molar-refractivity contribution in [2.45, 2.75) is 12.7 Å². The summed E-state index contributed by atoms with van der Waals surface area (Å²) in [7, 11) is 0. The highest BCUT2D eigenvalue weighted by Gasteiger charge is 2.38. The molecule has 5 rings (SSSR count). The zero-order valence-electron chi connectivity index (χ0n) is 18.4. The summed E-state index contributed by atoms with van der Waals surface area (Å²) in [5, 5.41) is 16.0. The summed E-state index contributed by atoms with van der Waals surface area (Å²) >= 11 is 1.64. The summed E-state index contributed by atoms with van der Waals surface area (Å²) in [6, 6.07) is 19.8. The van der Waals surface area contributed by atoms with Crippen LogP contribution in [0.15, 0.2) is 72.4 Å². The molecule has 5 aromatic rings. The van der Waals surface area contributed by atoms with E-state index in [9.17, 15) is 18.0 Å². The predicted molar refractivity (Wildman–Crippen MR) is 130 cm³/mol. The minimum atomic E-state index is -5.08. The molecule has 36 heavy (non-hydrogen) atoms. The number of aliphatic carboxylic acids is 1. The van der Waals surface area contributed by atoms with Crippen LogP contribution in [0.25, 0.3) is 26.8 Å². The molecule has 0 aliphatic heterocycles. The van der Waals surface area contributed by atoms with Crippen molar-refractivity contribution in [3.05, 3.63) is 83.5 Å². The van der Waals surface area contributed by atoms with Crippen LogP contribution in [0.4, 0.5) is 18.9 Å². The zero-order chi connectivity index (χ0) is 25.9. The number of carboxylic acids is 1. The number of fused-ring (bicyclic) bond motifs is 2. The SMILES string of the molecule is NC(=O)c1cccc2cn(-c3ccc(CNc4ccc5scnc5c4)cc3)nc12.O=C(O)C(F)(F)F. The molecular formula is C24H18F3N5O3S. The molecule has 0 fully saturated rings. The van der Waals surface area contributed by atoms with Crippen molar-refractivity contribution in [2.24, 2.45) is 5.73 Å². The summed E-state index contributed by atoms with van der Waals surface area (Å²) in [4.78, 5) is 24.9. The van der Waals surface area contributed by atoms with Gasteiger partial charge in [0.15, 0.2) is 0 Å². The number of benzene rings is 3. The molecule has 12 heteroatoms. The minimum Gasteiger partial charge on any atom is -0.475 e. The van der Waals surface area contributed by atoms with Gasteiger partial charge in [-0.15, -0.1) is 11.3 Å². The van der Waals surface area contributed by atoms with E-state index in [1.807, 2.05) is 36.0 Å². The fourth-order valence-corrected chi connectivity index (χ4v) is 3.97. The van der Waals surface area contributed by atoms with Crippen LogP contribution < -0.4 is 11.1 Å². The molecule has 0 radical (unpaired) electrons. The first kappa shape index (κ1) is 24.7. The van der Waals surface area contributed by atoms with Gasteiger partial charge in [0.05, 0.1) is 27.0 Å². The number of halogens is 3. The molecule has 4 N–H and O–H groups in total. The molecule has 0 aliphatic carbocycles. The summed E-state index contributed by atoms with van der Waals surface area (Å²) in [6.45, 7) is 0.711. The Bertz CT molecular complexity index is 1540. The Balaban J connectivity index is 0.000000384. The maximum absolute atomic E-state index is 11.6. The van der Waals surface area contributed by atoms with Gasteiger partial charge in [-0.25, -0.2) is 14.5 Å². The molecule has 0 spiro atoms. The van der Waals surface area contributed by atoms with Gasteiger partial charge in [0.2, 0.25) is 0 Å². The number of nitrogens with one attached hydrogen (secondary N) is 1. The fraction of sp³-hybridized carbons (Fsp3) is 0.0833. The highest BCUT2D eigenvalue weighted by Crippen LogP contribution is 2.23. The first-order valence-electron chi connectivity index (χ1n) is 10.4. The van der Waals surface area contributed by atoms with Crippen LogP contribution >= 0.6 is 11.3 Å². The van der Waals surface area contributed by atoms with E-state index in [0.29, 0.717) is 17.6 Å². The predicted octanol–water partition coefficient (Wildman–Crippen LogP) is 4.98. The number of hydrogen-bond acceptors (Lipinski definition) is 6. The molecule has 0 saturated heterocycles. The van der Waals surface area contributed by atoms with Crippen LogP contribution in [0, 0.1) is 0 Å². The third-order valence-corrected chi connectivity index (χ3v) is 5.88. The van der Waals surface area contributed by atoms with Crippen LogP contribution in [0.3, 0.4) is 0 Å². The first-order valence-corrected chi connectivity index (χ1v) is 11.2. The van der Waals surface area contributed by atoms with E-state index < -0.39 is 18.1 Å². The van der Waals surface area contributed by atoms with Crippen molar-refractivity contribution in [1.29, 1.82) is 0 Å². The number of anilines is 1. The van der Waals surface area contributed by atoms with Crippen LogP contribution in [-0.4, -0.2) is 37.9 Å². The summed E-state index contributed by atoms with van der Waals surface area (Å²) in [6.07, 6.45) is -3.18. The normalized spacial score (nSPS) is 11.2. The minimum absolute atomic E-state index is 0.430. The lowest BCUT2D eigenvalue weighted by atomic mass is 10.1. The third kappa shape index (κ3) is 5.61. The number of primary amides is 1. The van der Waals surface area contributed by atoms with Crippen molar-refractivity contribution in [1.82, 2.24) is 14.8 Å². The van der Waals surface area contributed by atoms with E-state index in [1.165, 1.54) is 4.70 Å². The van der Waals surface area contributed by atoms with Crippen molar-refractivity contribution < 1.29 is 27.9 Å². The molecule has 0 saturated carbocycles. The number of alkyl halides is 3. The van der Waals surface area contributed by atoms with Crippen LogP contribution in [0.5, 0.6) is 0 Å². The van der Waals surface area contributed by atoms with E-state index in [-0.39, 0.29) is 0 Å². The van der Waals surface area contributed by atoms with Crippen LogP contribution in [0.1, 0.15) is 15.9 Å². The number of rotatable bonds is 5. The van der Waals surface area contributed by atoms with E-state index >= 15 is 0 Å². The van der Waals surface area contributed by atoms with E-state index in [4.69, 9.17) is 15.6 Å². The number of amides is 1. The molecule has 0 aliphatic rings. The molecule has 184 valence electrons. The van der Waals surface area contributed by atoms with Crippen molar-refractivity contribution in [3.8, 4) is 5.69 Å². The molecular weight excluding hydrogens is 495 g/mol. The van der Waals surface area contributed by atoms with Gasteiger partial charge in [0, 0.05) is 23.8 Å². The monoisotopic (exact) mass is 513 g/mol.